The SMILES string of the molecule is c1ccc(Cn2ccc(C3CCC4OC4C3)n2)cc1. The largest absolute Gasteiger partial charge is 0.370 e. The molecular weight excluding hydrogens is 236 g/mol. The Labute approximate surface area is 113 Å². The Balaban J connectivity index is 1.47. The zero-order chi connectivity index (χ0) is 12.7. The summed E-state index contributed by atoms with van der Waals surface area (Å²) in [6, 6.07) is 12.7. The fourth-order valence-corrected chi connectivity index (χ4v) is 3.13. The van der Waals surface area contributed by atoms with Crippen molar-refractivity contribution in [1.29, 1.82) is 0 Å². The van der Waals surface area contributed by atoms with Gasteiger partial charge in [-0.2, -0.15) is 5.10 Å². The average molecular weight is 254 g/mol. The van der Waals surface area contributed by atoms with Crippen LogP contribution in [0.1, 0.15) is 36.4 Å². The molecule has 1 aromatic carbocycles. The maximum atomic E-state index is 5.60. The summed E-state index contributed by atoms with van der Waals surface area (Å²) in [6.07, 6.45) is 6.79. The first kappa shape index (κ1) is 11.2. The van der Waals surface area contributed by atoms with Crippen molar-refractivity contribution < 1.29 is 4.74 Å². The highest BCUT2D eigenvalue weighted by Gasteiger charge is 2.44. The van der Waals surface area contributed by atoms with E-state index in [9.17, 15) is 0 Å². The molecule has 1 aliphatic carbocycles. The Kier molecular flexibility index (Phi) is 2.66. The molecule has 4 rings (SSSR count). The van der Waals surface area contributed by atoms with Gasteiger partial charge in [0.05, 0.1) is 24.4 Å². The molecule has 2 aliphatic rings. The molecule has 3 nitrogen and oxygen atoms in total. The molecule has 1 saturated carbocycles. The number of fused-ring (bicyclic) bond motifs is 1. The number of ether oxygens (including phenoxy) is 1. The number of hydrogen-bond donors (Lipinski definition) is 0. The molecule has 3 heteroatoms. The summed E-state index contributed by atoms with van der Waals surface area (Å²) in [5.74, 6) is 0.598. The summed E-state index contributed by atoms with van der Waals surface area (Å²) in [4.78, 5) is 0. The van der Waals surface area contributed by atoms with Crippen LogP contribution in [-0.4, -0.2) is 22.0 Å². The number of benzene rings is 1. The van der Waals surface area contributed by atoms with Gasteiger partial charge in [0.25, 0.3) is 0 Å². The third-order valence-electron chi connectivity index (χ3n) is 4.27. The van der Waals surface area contributed by atoms with E-state index in [0.717, 1.165) is 13.0 Å². The van der Waals surface area contributed by atoms with Crippen molar-refractivity contribution in [2.75, 3.05) is 0 Å². The molecular formula is C16H18N2O. The van der Waals surface area contributed by atoms with Crippen molar-refractivity contribution in [3.63, 3.8) is 0 Å². The topological polar surface area (TPSA) is 30.4 Å². The van der Waals surface area contributed by atoms with Gasteiger partial charge in [-0.3, -0.25) is 4.68 Å². The van der Waals surface area contributed by atoms with Gasteiger partial charge < -0.3 is 4.74 Å². The first-order valence-corrected chi connectivity index (χ1v) is 7.11. The highest BCUT2D eigenvalue weighted by molar-refractivity contribution is 5.16. The van der Waals surface area contributed by atoms with Crippen LogP contribution in [0.5, 0.6) is 0 Å². The van der Waals surface area contributed by atoms with E-state index in [4.69, 9.17) is 9.84 Å². The van der Waals surface area contributed by atoms with Crippen LogP contribution in [0.2, 0.25) is 0 Å². The summed E-state index contributed by atoms with van der Waals surface area (Å²) in [5, 5.41) is 4.74. The van der Waals surface area contributed by atoms with E-state index < -0.39 is 0 Å². The Morgan fingerprint density at radius 1 is 1.11 bits per heavy atom. The van der Waals surface area contributed by atoms with Gasteiger partial charge in [0, 0.05) is 12.1 Å². The predicted octanol–water partition coefficient (Wildman–Crippen LogP) is 2.97. The van der Waals surface area contributed by atoms with Crippen LogP contribution >= 0.6 is 0 Å². The molecule has 0 amide bonds. The van der Waals surface area contributed by atoms with Crippen LogP contribution in [0.25, 0.3) is 0 Å². The normalized spacial score (nSPS) is 28.9. The molecule has 0 spiro atoms. The minimum atomic E-state index is 0.526. The van der Waals surface area contributed by atoms with Crippen molar-refractivity contribution in [2.45, 2.75) is 43.9 Å². The quantitative estimate of drug-likeness (QED) is 0.788. The predicted molar refractivity (Wildman–Crippen MR) is 73.0 cm³/mol. The van der Waals surface area contributed by atoms with E-state index in [0.29, 0.717) is 18.1 Å². The smallest absolute Gasteiger partial charge is 0.0848 e. The minimum Gasteiger partial charge on any atom is -0.370 e. The van der Waals surface area contributed by atoms with Gasteiger partial charge in [0.15, 0.2) is 0 Å². The molecule has 1 aromatic heterocycles. The second-order valence-electron chi connectivity index (χ2n) is 5.65. The first-order valence-electron chi connectivity index (χ1n) is 7.11. The van der Waals surface area contributed by atoms with E-state index >= 15 is 0 Å². The average Bonchev–Trinajstić information content (AvgIpc) is 3.09. The Morgan fingerprint density at radius 3 is 2.84 bits per heavy atom. The zero-order valence-electron chi connectivity index (χ0n) is 10.9. The van der Waals surface area contributed by atoms with Crippen LogP contribution in [0, 0.1) is 0 Å². The molecule has 1 saturated heterocycles. The van der Waals surface area contributed by atoms with Crippen molar-refractivity contribution in [3.05, 3.63) is 53.9 Å². The highest BCUT2D eigenvalue weighted by Crippen LogP contribution is 2.43. The molecule has 98 valence electrons. The molecule has 2 heterocycles. The van der Waals surface area contributed by atoms with Gasteiger partial charge in [0.2, 0.25) is 0 Å². The second kappa shape index (κ2) is 4.49. The summed E-state index contributed by atoms with van der Waals surface area (Å²) < 4.78 is 7.64. The Morgan fingerprint density at radius 2 is 2.00 bits per heavy atom. The fourth-order valence-electron chi connectivity index (χ4n) is 3.13. The van der Waals surface area contributed by atoms with Crippen molar-refractivity contribution >= 4 is 0 Å². The maximum Gasteiger partial charge on any atom is 0.0848 e. The number of hydrogen-bond acceptors (Lipinski definition) is 2. The van der Waals surface area contributed by atoms with E-state index in [1.165, 1.54) is 24.1 Å². The Hall–Kier alpha value is -1.61. The minimum absolute atomic E-state index is 0.526. The van der Waals surface area contributed by atoms with Gasteiger partial charge >= 0.3 is 0 Å². The van der Waals surface area contributed by atoms with E-state index in [-0.39, 0.29) is 0 Å². The summed E-state index contributed by atoms with van der Waals surface area (Å²) in [5.41, 5.74) is 2.54. The van der Waals surface area contributed by atoms with Crippen molar-refractivity contribution in [1.82, 2.24) is 9.78 Å². The lowest BCUT2D eigenvalue weighted by molar-refractivity contribution is 0.371. The molecule has 19 heavy (non-hydrogen) atoms. The van der Waals surface area contributed by atoms with E-state index in [2.05, 4.69) is 36.5 Å². The first-order chi connectivity index (χ1) is 9.38. The van der Waals surface area contributed by atoms with Crippen molar-refractivity contribution in [3.8, 4) is 0 Å². The van der Waals surface area contributed by atoms with Gasteiger partial charge in [-0.25, -0.2) is 0 Å². The number of rotatable bonds is 3. The molecule has 1 aliphatic heterocycles. The van der Waals surface area contributed by atoms with Crippen LogP contribution in [0.4, 0.5) is 0 Å². The van der Waals surface area contributed by atoms with Crippen LogP contribution in [-0.2, 0) is 11.3 Å². The van der Waals surface area contributed by atoms with Gasteiger partial charge in [-0.05, 0) is 30.9 Å². The fraction of sp³-hybridized carbons (Fsp3) is 0.438. The van der Waals surface area contributed by atoms with E-state index in [1.54, 1.807) is 0 Å². The van der Waals surface area contributed by atoms with E-state index in [1.807, 2.05) is 10.7 Å². The van der Waals surface area contributed by atoms with Crippen LogP contribution in [0.15, 0.2) is 42.6 Å². The van der Waals surface area contributed by atoms with Crippen LogP contribution < -0.4 is 0 Å². The number of epoxide rings is 1. The van der Waals surface area contributed by atoms with Gasteiger partial charge in [0.1, 0.15) is 0 Å². The third-order valence-corrected chi connectivity index (χ3v) is 4.27. The standard InChI is InChI=1S/C16H18N2O/c1-2-4-12(5-3-1)11-18-9-8-14(17-18)13-6-7-15-16(10-13)19-15/h1-5,8-9,13,15-16H,6-7,10-11H2. The molecule has 0 N–H and O–H groups in total. The monoisotopic (exact) mass is 254 g/mol. The molecule has 2 aromatic rings. The summed E-state index contributed by atoms with van der Waals surface area (Å²) in [7, 11) is 0. The van der Waals surface area contributed by atoms with Gasteiger partial charge in [-0.1, -0.05) is 30.3 Å². The molecule has 0 radical (unpaired) electrons. The number of aromatic nitrogens is 2. The van der Waals surface area contributed by atoms with Gasteiger partial charge in [-0.15, -0.1) is 0 Å². The molecule has 3 atom stereocenters. The maximum absolute atomic E-state index is 5.60. The molecule has 2 fully saturated rings. The zero-order valence-corrected chi connectivity index (χ0v) is 10.9. The highest BCUT2D eigenvalue weighted by atomic mass is 16.6. The molecule has 0 bridgehead atoms. The lowest BCUT2D eigenvalue weighted by Gasteiger charge is -2.16. The summed E-state index contributed by atoms with van der Waals surface area (Å²) >= 11 is 0. The third kappa shape index (κ3) is 2.30. The lowest BCUT2D eigenvalue weighted by Crippen LogP contribution is -2.13. The second-order valence-corrected chi connectivity index (χ2v) is 5.65. The lowest BCUT2D eigenvalue weighted by atomic mass is 9.87. The number of nitrogens with zero attached hydrogens (tertiary/aromatic N) is 2. The van der Waals surface area contributed by atoms with Crippen LogP contribution in [0.3, 0.4) is 0 Å². The Bertz CT molecular complexity index is 563. The molecule has 3 unspecified atom stereocenters. The van der Waals surface area contributed by atoms with Crippen molar-refractivity contribution in [2.24, 2.45) is 0 Å². The summed E-state index contributed by atoms with van der Waals surface area (Å²) in [6.45, 7) is 0.857.